The number of halogens is 2. The van der Waals surface area contributed by atoms with Crippen LogP contribution in [-0.4, -0.2) is 25.4 Å². The van der Waals surface area contributed by atoms with Crippen LogP contribution < -0.4 is 5.73 Å². The molecule has 2 aliphatic heterocycles. The van der Waals surface area contributed by atoms with Gasteiger partial charge in [-0.25, -0.2) is 8.78 Å². The molecule has 0 bridgehead atoms. The summed E-state index contributed by atoms with van der Waals surface area (Å²) in [6, 6.07) is 3.71. The number of ether oxygens (including phenoxy) is 2. The standard InChI is InChI=1S/C16H21F2NO2/c17-13-3-1-2-12(14(13)18)15(19)11-4-7-21-16(10-11)5-8-20-9-6-16/h1-3,11,15H,4-10,19H2. The summed E-state index contributed by atoms with van der Waals surface area (Å²) in [5.41, 5.74) is 6.31. The fraction of sp³-hybridized carbons (Fsp3) is 0.625. The highest BCUT2D eigenvalue weighted by molar-refractivity contribution is 5.23. The quantitative estimate of drug-likeness (QED) is 0.913. The molecule has 5 heteroatoms. The smallest absolute Gasteiger partial charge is 0.163 e. The van der Waals surface area contributed by atoms with Gasteiger partial charge in [0, 0.05) is 31.4 Å². The Morgan fingerprint density at radius 2 is 1.95 bits per heavy atom. The Balaban J connectivity index is 1.78. The van der Waals surface area contributed by atoms with E-state index >= 15 is 0 Å². The minimum atomic E-state index is -0.837. The topological polar surface area (TPSA) is 44.5 Å². The molecule has 3 nitrogen and oxygen atoms in total. The van der Waals surface area contributed by atoms with E-state index in [4.69, 9.17) is 15.2 Å². The lowest BCUT2D eigenvalue weighted by Gasteiger charge is -2.44. The lowest BCUT2D eigenvalue weighted by Crippen LogP contribution is -2.46. The van der Waals surface area contributed by atoms with Crippen molar-refractivity contribution in [2.75, 3.05) is 19.8 Å². The van der Waals surface area contributed by atoms with E-state index in [1.807, 2.05) is 0 Å². The summed E-state index contributed by atoms with van der Waals surface area (Å²) in [5, 5.41) is 0. The third-order valence-corrected chi connectivity index (χ3v) is 4.78. The Hall–Kier alpha value is -1.04. The first-order chi connectivity index (χ1) is 10.1. The molecule has 116 valence electrons. The van der Waals surface area contributed by atoms with Crippen LogP contribution in [0, 0.1) is 17.6 Å². The first-order valence-corrected chi connectivity index (χ1v) is 7.52. The Morgan fingerprint density at radius 3 is 2.71 bits per heavy atom. The van der Waals surface area contributed by atoms with Crippen LogP contribution in [0.3, 0.4) is 0 Å². The second-order valence-electron chi connectivity index (χ2n) is 6.07. The predicted octanol–water partition coefficient (Wildman–Crippen LogP) is 2.94. The molecule has 2 saturated heterocycles. The van der Waals surface area contributed by atoms with E-state index in [9.17, 15) is 8.78 Å². The maximum absolute atomic E-state index is 13.9. The molecule has 2 fully saturated rings. The van der Waals surface area contributed by atoms with Crippen molar-refractivity contribution in [2.45, 2.75) is 37.3 Å². The largest absolute Gasteiger partial charge is 0.381 e. The first kappa shape index (κ1) is 14.9. The van der Waals surface area contributed by atoms with Crippen molar-refractivity contribution in [3.8, 4) is 0 Å². The zero-order chi connectivity index (χ0) is 14.9. The van der Waals surface area contributed by atoms with Crippen LogP contribution in [0.15, 0.2) is 18.2 Å². The van der Waals surface area contributed by atoms with Gasteiger partial charge in [-0.3, -0.25) is 0 Å². The molecule has 3 rings (SSSR count). The first-order valence-electron chi connectivity index (χ1n) is 7.52. The molecule has 0 amide bonds. The summed E-state index contributed by atoms with van der Waals surface area (Å²) in [4.78, 5) is 0. The molecule has 0 saturated carbocycles. The van der Waals surface area contributed by atoms with E-state index in [1.165, 1.54) is 6.07 Å². The Morgan fingerprint density at radius 1 is 1.19 bits per heavy atom. The van der Waals surface area contributed by atoms with Crippen LogP contribution in [0.1, 0.15) is 37.3 Å². The van der Waals surface area contributed by atoms with Gasteiger partial charge in [0.15, 0.2) is 11.6 Å². The summed E-state index contributed by atoms with van der Waals surface area (Å²) in [6.07, 6.45) is 3.26. The van der Waals surface area contributed by atoms with Crippen LogP contribution in [0.25, 0.3) is 0 Å². The van der Waals surface area contributed by atoms with Crippen molar-refractivity contribution in [1.29, 1.82) is 0 Å². The van der Waals surface area contributed by atoms with E-state index in [0.717, 1.165) is 31.7 Å². The number of nitrogens with two attached hydrogens (primary N) is 1. The van der Waals surface area contributed by atoms with E-state index < -0.39 is 17.7 Å². The summed E-state index contributed by atoms with van der Waals surface area (Å²) in [7, 11) is 0. The molecule has 0 aliphatic carbocycles. The van der Waals surface area contributed by atoms with Crippen LogP contribution in [0.4, 0.5) is 8.78 Å². The molecule has 1 aromatic carbocycles. The fourth-order valence-electron chi connectivity index (χ4n) is 3.50. The third kappa shape index (κ3) is 2.96. The Labute approximate surface area is 123 Å². The molecule has 2 atom stereocenters. The predicted molar refractivity (Wildman–Crippen MR) is 74.7 cm³/mol. The molecule has 2 unspecified atom stereocenters. The van der Waals surface area contributed by atoms with Gasteiger partial charge in [-0.2, -0.15) is 0 Å². The van der Waals surface area contributed by atoms with Crippen molar-refractivity contribution >= 4 is 0 Å². The van der Waals surface area contributed by atoms with Gasteiger partial charge in [-0.1, -0.05) is 12.1 Å². The minimum absolute atomic E-state index is 0.105. The Bertz CT molecular complexity index is 498. The average Bonchev–Trinajstić information content (AvgIpc) is 2.50. The van der Waals surface area contributed by atoms with Crippen molar-refractivity contribution in [2.24, 2.45) is 11.7 Å². The summed E-state index contributed by atoms with van der Waals surface area (Å²) in [6.45, 7) is 2.00. The third-order valence-electron chi connectivity index (χ3n) is 4.78. The molecular formula is C16H21F2NO2. The molecule has 1 aromatic rings. The van der Waals surface area contributed by atoms with Crippen molar-refractivity contribution in [3.63, 3.8) is 0 Å². The zero-order valence-corrected chi connectivity index (χ0v) is 12.0. The van der Waals surface area contributed by atoms with Crippen LogP contribution in [-0.2, 0) is 9.47 Å². The van der Waals surface area contributed by atoms with Crippen LogP contribution >= 0.6 is 0 Å². The molecule has 21 heavy (non-hydrogen) atoms. The summed E-state index contributed by atoms with van der Waals surface area (Å²) >= 11 is 0. The van der Waals surface area contributed by atoms with Gasteiger partial charge >= 0.3 is 0 Å². The van der Waals surface area contributed by atoms with E-state index in [2.05, 4.69) is 0 Å². The molecule has 1 spiro atoms. The van der Waals surface area contributed by atoms with Gasteiger partial charge < -0.3 is 15.2 Å². The monoisotopic (exact) mass is 297 g/mol. The summed E-state index contributed by atoms with van der Waals surface area (Å²) < 4.78 is 38.7. The molecule has 0 radical (unpaired) electrons. The van der Waals surface area contributed by atoms with Crippen LogP contribution in [0.2, 0.25) is 0 Å². The van der Waals surface area contributed by atoms with Gasteiger partial charge in [-0.15, -0.1) is 0 Å². The minimum Gasteiger partial charge on any atom is -0.381 e. The maximum Gasteiger partial charge on any atom is 0.163 e. The average molecular weight is 297 g/mol. The molecule has 2 heterocycles. The van der Waals surface area contributed by atoms with Gasteiger partial charge in [0.1, 0.15) is 0 Å². The molecule has 0 aromatic heterocycles. The molecule has 2 N–H and O–H groups in total. The van der Waals surface area contributed by atoms with Crippen LogP contribution in [0.5, 0.6) is 0 Å². The van der Waals surface area contributed by atoms with E-state index in [0.29, 0.717) is 19.8 Å². The maximum atomic E-state index is 13.9. The molecular weight excluding hydrogens is 276 g/mol. The Kier molecular flexibility index (Phi) is 4.24. The van der Waals surface area contributed by atoms with E-state index in [-0.39, 0.29) is 17.1 Å². The van der Waals surface area contributed by atoms with Crippen molar-refractivity contribution in [1.82, 2.24) is 0 Å². The van der Waals surface area contributed by atoms with Crippen molar-refractivity contribution < 1.29 is 18.3 Å². The van der Waals surface area contributed by atoms with Crippen molar-refractivity contribution in [3.05, 3.63) is 35.4 Å². The zero-order valence-electron chi connectivity index (χ0n) is 12.0. The normalized spacial score (nSPS) is 26.7. The number of benzene rings is 1. The lowest BCUT2D eigenvalue weighted by atomic mass is 9.76. The SMILES string of the molecule is NC(c1cccc(F)c1F)C1CCOC2(CCOCC2)C1. The summed E-state index contributed by atoms with van der Waals surface area (Å²) in [5.74, 6) is -1.55. The highest BCUT2D eigenvalue weighted by atomic mass is 19.2. The second kappa shape index (κ2) is 5.99. The number of rotatable bonds is 2. The number of hydrogen-bond donors (Lipinski definition) is 1. The highest BCUT2D eigenvalue weighted by Gasteiger charge is 2.41. The van der Waals surface area contributed by atoms with Gasteiger partial charge in [0.05, 0.1) is 5.60 Å². The second-order valence-corrected chi connectivity index (χ2v) is 6.07. The molecule has 2 aliphatic rings. The van der Waals surface area contributed by atoms with Gasteiger partial charge in [-0.05, 0) is 37.7 Å². The lowest BCUT2D eigenvalue weighted by molar-refractivity contribution is -0.149. The van der Waals surface area contributed by atoms with E-state index in [1.54, 1.807) is 6.07 Å². The number of hydrogen-bond acceptors (Lipinski definition) is 3. The highest BCUT2D eigenvalue weighted by Crippen LogP contribution is 2.41. The van der Waals surface area contributed by atoms with Gasteiger partial charge in [0.25, 0.3) is 0 Å². The van der Waals surface area contributed by atoms with Gasteiger partial charge in [0.2, 0.25) is 0 Å². The fourth-order valence-corrected chi connectivity index (χ4v) is 3.50.